The fourth-order valence-electron chi connectivity index (χ4n) is 3.10. The lowest BCUT2D eigenvalue weighted by Crippen LogP contribution is -2.45. The smallest absolute Gasteiger partial charge is 0.287 e. The second-order valence-corrected chi connectivity index (χ2v) is 7.99. The van der Waals surface area contributed by atoms with Gasteiger partial charge in [0, 0.05) is 10.9 Å². The van der Waals surface area contributed by atoms with Crippen molar-refractivity contribution in [2.24, 2.45) is 0 Å². The van der Waals surface area contributed by atoms with Crippen LogP contribution in [0.3, 0.4) is 0 Å². The molecular weight excluding hydrogens is 474 g/mol. The van der Waals surface area contributed by atoms with Crippen LogP contribution in [-0.4, -0.2) is 32.6 Å². The third-order valence-electron chi connectivity index (χ3n) is 4.68. The van der Waals surface area contributed by atoms with Gasteiger partial charge in [0.05, 0.1) is 12.8 Å². The van der Waals surface area contributed by atoms with E-state index in [0.29, 0.717) is 13.0 Å². The number of furan rings is 1. The highest BCUT2D eigenvalue weighted by molar-refractivity contribution is 9.10. The van der Waals surface area contributed by atoms with Gasteiger partial charge in [0.1, 0.15) is 12.4 Å². The first kappa shape index (κ1) is 21.5. The summed E-state index contributed by atoms with van der Waals surface area (Å²) < 4.78 is 7.76. The third-order valence-corrected chi connectivity index (χ3v) is 5.21. The van der Waals surface area contributed by atoms with Gasteiger partial charge in [0.15, 0.2) is 5.76 Å². The molecule has 0 saturated heterocycles. The molecule has 162 valence electrons. The lowest BCUT2D eigenvalue weighted by atomic mass is 10.1. The van der Waals surface area contributed by atoms with E-state index in [1.165, 1.54) is 12.3 Å². The summed E-state index contributed by atoms with van der Waals surface area (Å²) in [5.41, 5.74) is 1.95. The van der Waals surface area contributed by atoms with E-state index < -0.39 is 17.9 Å². The highest BCUT2D eigenvalue weighted by Crippen LogP contribution is 2.12. The number of carbonyl (C=O) groups is 2. The summed E-state index contributed by atoms with van der Waals surface area (Å²) in [6, 6.07) is 19.6. The molecule has 2 aromatic carbocycles. The van der Waals surface area contributed by atoms with Gasteiger partial charge in [-0.15, -0.1) is 5.10 Å². The molecule has 0 fully saturated rings. The first-order valence-corrected chi connectivity index (χ1v) is 10.7. The minimum Gasteiger partial charge on any atom is -0.459 e. The van der Waals surface area contributed by atoms with Crippen molar-refractivity contribution in [3.8, 4) is 0 Å². The maximum Gasteiger partial charge on any atom is 0.287 e. The Labute approximate surface area is 192 Å². The van der Waals surface area contributed by atoms with Crippen molar-refractivity contribution in [3.63, 3.8) is 0 Å². The Morgan fingerprint density at radius 1 is 1.00 bits per heavy atom. The second-order valence-electron chi connectivity index (χ2n) is 7.07. The van der Waals surface area contributed by atoms with Gasteiger partial charge in [-0.25, -0.2) is 9.67 Å². The molecule has 1 atom stereocenters. The molecule has 1 unspecified atom stereocenters. The number of carbonyl (C=O) groups excluding carboxylic acids is 2. The van der Waals surface area contributed by atoms with Crippen LogP contribution < -0.4 is 10.6 Å². The highest BCUT2D eigenvalue weighted by atomic mass is 79.9. The van der Waals surface area contributed by atoms with Crippen LogP contribution in [0.5, 0.6) is 0 Å². The fourth-order valence-corrected chi connectivity index (χ4v) is 3.36. The van der Waals surface area contributed by atoms with Crippen molar-refractivity contribution in [2.45, 2.75) is 19.0 Å². The van der Waals surface area contributed by atoms with E-state index in [9.17, 15) is 9.59 Å². The van der Waals surface area contributed by atoms with E-state index in [0.717, 1.165) is 15.6 Å². The normalized spacial score (nSPS) is 11.7. The Hall–Kier alpha value is -3.72. The molecule has 0 aliphatic carbocycles. The van der Waals surface area contributed by atoms with Crippen molar-refractivity contribution in [1.29, 1.82) is 0 Å². The minimum atomic E-state index is -0.839. The summed E-state index contributed by atoms with van der Waals surface area (Å²) in [5, 5.41) is 9.74. The van der Waals surface area contributed by atoms with E-state index in [1.54, 1.807) is 17.1 Å². The third kappa shape index (κ3) is 5.70. The van der Waals surface area contributed by atoms with Crippen LogP contribution in [0.1, 0.15) is 21.7 Å². The van der Waals surface area contributed by atoms with E-state index >= 15 is 0 Å². The Morgan fingerprint density at radius 3 is 2.50 bits per heavy atom. The zero-order valence-electron chi connectivity index (χ0n) is 16.9. The molecule has 0 bridgehead atoms. The average Bonchev–Trinajstić information content (AvgIpc) is 3.48. The predicted octanol–water partition coefficient (Wildman–Crippen LogP) is 3.66. The van der Waals surface area contributed by atoms with Gasteiger partial charge in [-0.05, 0) is 35.4 Å². The molecule has 2 amide bonds. The maximum atomic E-state index is 13.0. The Kier molecular flexibility index (Phi) is 6.76. The molecule has 2 aromatic heterocycles. The fraction of sp³-hybridized carbons (Fsp3) is 0.130. The molecule has 0 saturated carbocycles. The van der Waals surface area contributed by atoms with Gasteiger partial charge in [-0.2, -0.15) is 0 Å². The summed E-state index contributed by atoms with van der Waals surface area (Å²) >= 11 is 3.41. The second kappa shape index (κ2) is 10.1. The summed E-state index contributed by atoms with van der Waals surface area (Å²) in [6.45, 7) is 0.513. The molecular formula is C23H20BrN5O3. The number of benzene rings is 2. The molecule has 2 heterocycles. The summed E-state index contributed by atoms with van der Waals surface area (Å²) in [6.07, 6.45) is 3.26. The van der Waals surface area contributed by atoms with Crippen LogP contribution in [0.2, 0.25) is 0 Å². The topological polar surface area (TPSA) is 102 Å². The van der Waals surface area contributed by atoms with Crippen molar-refractivity contribution in [3.05, 3.63) is 101 Å². The monoisotopic (exact) mass is 493 g/mol. The maximum absolute atomic E-state index is 13.0. The standard InChI is InChI=1S/C23H20BrN5O3/c24-18-10-8-17(9-11-18)14-29-15-25-23(28-29)27-21(30)19(13-16-5-2-1-3-6-16)26-22(31)20-7-4-12-32-20/h1-12,15,19H,13-14H2,(H,26,31)(H,27,28,30). The zero-order valence-corrected chi connectivity index (χ0v) is 18.5. The van der Waals surface area contributed by atoms with Crippen LogP contribution in [0.25, 0.3) is 0 Å². The molecule has 0 aliphatic rings. The van der Waals surface area contributed by atoms with Gasteiger partial charge >= 0.3 is 0 Å². The first-order valence-electron chi connectivity index (χ1n) is 9.90. The van der Waals surface area contributed by atoms with Gasteiger partial charge < -0.3 is 9.73 Å². The van der Waals surface area contributed by atoms with Crippen LogP contribution in [0.15, 0.2) is 88.2 Å². The number of nitrogens with one attached hydrogen (secondary N) is 2. The number of halogens is 1. The molecule has 0 aliphatic heterocycles. The molecule has 9 heteroatoms. The number of nitrogens with zero attached hydrogens (tertiary/aromatic N) is 3. The molecule has 8 nitrogen and oxygen atoms in total. The highest BCUT2D eigenvalue weighted by Gasteiger charge is 2.24. The predicted molar refractivity (Wildman–Crippen MR) is 122 cm³/mol. The number of amides is 2. The minimum absolute atomic E-state index is 0.132. The lowest BCUT2D eigenvalue weighted by molar-refractivity contribution is -0.118. The van der Waals surface area contributed by atoms with Crippen LogP contribution in [0.4, 0.5) is 5.95 Å². The molecule has 4 rings (SSSR count). The number of hydrogen-bond acceptors (Lipinski definition) is 5. The SMILES string of the molecule is O=C(NC(Cc1ccccc1)C(=O)Nc1ncn(Cc2ccc(Br)cc2)n1)c1ccco1. The summed E-state index contributed by atoms with van der Waals surface area (Å²) in [4.78, 5) is 29.6. The van der Waals surface area contributed by atoms with E-state index in [2.05, 4.69) is 36.6 Å². The number of rotatable bonds is 8. The Bertz CT molecular complexity index is 1170. The van der Waals surface area contributed by atoms with Gasteiger partial charge in [-0.3, -0.25) is 14.9 Å². The van der Waals surface area contributed by atoms with Crippen molar-refractivity contribution >= 4 is 33.7 Å². The largest absolute Gasteiger partial charge is 0.459 e. The van der Waals surface area contributed by atoms with Gasteiger partial charge in [0.25, 0.3) is 5.91 Å². The van der Waals surface area contributed by atoms with E-state index in [1.807, 2.05) is 54.6 Å². The summed E-state index contributed by atoms with van der Waals surface area (Å²) in [7, 11) is 0. The average molecular weight is 494 g/mol. The van der Waals surface area contributed by atoms with Crippen molar-refractivity contribution in [1.82, 2.24) is 20.1 Å². The molecule has 32 heavy (non-hydrogen) atoms. The van der Waals surface area contributed by atoms with Crippen LogP contribution >= 0.6 is 15.9 Å². The quantitative estimate of drug-likeness (QED) is 0.389. The van der Waals surface area contributed by atoms with Crippen molar-refractivity contribution in [2.75, 3.05) is 5.32 Å². The molecule has 0 spiro atoms. The van der Waals surface area contributed by atoms with Crippen molar-refractivity contribution < 1.29 is 14.0 Å². The Morgan fingerprint density at radius 2 is 1.78 bits per heavy atom. The number of hydrogen-bond donors (Lipinski definition) is 2. The molecule has 0 radical (unpaired) electrons. The van der Waals surface area contributed by atoms with E-state index in [4.69, 9.17) is 4.42 Å². The molecule has 2 N–H and O–H groups in total. The van der Waals surface area contributed by atoms with E-state index in [-0.39, 0.29) is 11.7 Å². The number of anilines is 1. The summed E-state index contributed by atoms with van der Waals surface area (Å²) in [5.74, 6) is -0.597. The first-order chi connectivity index (χ1) is 15.6. The zero-order chi connectivity index (χ0) is 22.3. The van der Waals surface area contributed by atoms with Gasteiger partial charge in [0.2, 0.25) is 11.9 Å². The Balaban J connectivity index is 1.45. The van der Waals surface area contributed by atoms with Crippen LogP contribution in [0, 0.1) is 0 Å². The van der Waals surface area contributed by atoms with Gasteiger partial charge in [-0.1, -0.05) is 58.4 Å². The number of aromatic nitrogens is 3. The van der Waals surface area contributed by atoms with Crippen LogP contribution in [-0.2, 0) is 17.8 Å². The lowest BCUT2D eigenvalue weighted by Gasteiger charge is -2.17. The molecule has 4 aromatic rings.